The number of carbonyl (C=O) groups is 1. The molecule has 2 atom stereocenters. The van der Waals surface area contributed by atoms with Crippen LogP contribution in [0.15, 0.2) is 36.4 Å². The highest BCUT2D eigenvalue weighted by molar-refractivity contribution is 5.81. The Morgan fingerprint density at radius 3 is 2.54 bits per heavy atom. The first-order valence-corrected chi connectivity index (χ1v) is 8.76. The van der Waals surface area contributed by atoms with Gasteiger partial charge in [0.25, 0.3) is 0 Å². The maximum absolute atomic E-state index is 11.4. The quantitative estimate of drug-likeness (QED) is 0.231. The van der Waals surface area contributed by atoms with Crippen LogP contribution in [-0.4, -0.2) is 46.3 Å². The summed E-state index contributed by atoms with van der Waals surface area (Å²) in [6, 6.07) is 7.77. The van der Waals surface area contributed by atoms with Gasteiger partial charge in [0.1, 0.15) is 12.5 Å². The summed E-state index contributed by atoms with van der Waals surface area (Å²) in [6.07, 6.45) is 3.81. The molecule has 1 aromatic carbocycles. The molecule has 0 saturated heterocycles. The average Bonchev–Trinajstić information content (AvgIpc) is 2.66. The van der Waals surface area contributed by atoms with Gasteiger partial charge in [0.15, 0.2) is 0 Å². The number of hydrogen-bond acceptors (Lipinski definition) is 6. The molecule has 6 nitrogen and oxygen atoms in total. The maximum Gasteiger partial charge on any atom is 0.330 e. The molecule has 0 saturated carbocycles. The molecule has 0 bridgehead atoms. The van der Waals surface area contributed by atoms with Gasteiger partial charge in [0, 0.05) is 25.7 Å². The Morgan fingerprint density at radius 2 is 1.92 bits per heavy atom. The summed E-state index contributed by atoms with van der Waals surface area (Å²) >= 11 is 0. The summed E-state index contributed by atoms with van der Waals surface area (Å²) in [4.78, 5) is 11.4. The number of carbonyl (C=O) groups excluding carboxylic acids is 1. The van der Waals surface area contributed by atoms with E-state index in [4.69, 9.17) is 23.7 Å². The predicted octanol–water partition coefficient (Wildman–Crippen LogP) is 3.35. The number of methoxy groups -OCH3 is 2. The fourth-order valence-electron chi connectivity index (χ4n) is 2.31. The molecule has 0 unspecified atom stereocenters. The Bertz CT molecular complexity index is 526. The van der Waals surface area contributed by atoms with Crippen molar-refractivity contribution in [1.29, 1.82) is 0 Å². The van der Waals surface area contributed by atoms with Crippen molar-refractivity contribution in [3.05, 3.63) is 42.0 Å². The van der Waals surface area contributed by atoms with E-state index in [1.165, 1.54) is 6.08 Å². The Hall–Kier alpha value is -1.89. The Kier molecular flexibility index (Phi) is 11.4. The third-order valence-electron chi connectivity index (χ3n) is 3.78. The second-order valence-corrected chi connectivity index (χ2v) is 5.77. The third kappa shape index (κ3) is 8.99. The van der Waals surface area contributed by atoms with Crippen LogP contribution in [0.1, 0.15) is 25.8 Å². The molecule has 0 aliphatic rings. The van der Waals surface area contributed by atoms with E-state index in [1.54, 1.807) is 27.2 Å². The minimum absolute atomic E-state index is 0.0270. The van der Waals surface area contributed by atoms with Crippen LogP contribution in [-0.2, 0) is 30.3 Å². The summed E-state index contributed by atoms with van der Waals surface area (Å²) in [6.45, 7) is 5.38. The van der Waals surface area contributed by atoms with E-state index in [0.29, 0.717) is 26.2 Å². The van der Waals surface area contributed by atoms with Gasteiger partial charge in [-0.3, -0.25) is 0 Å². The molecule has 0 radical (unpaired) electrons. The molecule has 0 fully saturated rings. The molecular formula is C20H30O6. The molecule has 26 heavy (non-hydrogen) atoms. The molecule has 0 amide bonds. The fraction of sp³-hybridized carbons (Fsp3) is 0.550. The van der Waals surface area contributed by atoms with E-state index >= 15 is 0 Å². The van der Waals surface area contributed by atoms with Gasteiger partial charge < -0.3 is 23.7 Å². The fourth-order valence-corrected chi connectivity index (χ4v) is 2.31. The van der Waals surface area contributed by atoms with Crippen molar-refractivity contribution in [3.8, 4) is 5.75 Å². The smallest absolute Gasteiger partial charge is 0.330 e. The van der Waals surface area contributed by atoms with E-state index < -0.39 is 0 Å². The zero-order valence-electron chi connectivity index (χ0n) is 16.1. The normalized spacial score (nSPS) is 13.5. The average molecular weight is 366 g/mol. The van der Waals surface area contributed by atoms with Gasteiger partial charge in [-0.15, -0.1) is 0 Å². The first-order chi connectivity index (χ1) is 12.6. The highest BCUT2D eigenvalue weighted by Crippen LogP contribution is 2.15. The van der Waals surface area contributed by atoms with Gasteiger partial charge >= 0.3 is 5.97 Å². The predicted molar refractivity (Wildman–Crippen MR) is 99.0 cm³/mol. The summed E-state index contributed by atoms with van der Waals surface area (Å²) < 4.78 is 26.5. The molecule has 0 aliphatic carbocycles. The first-order valence-electron chi connectivity index (χ1n) is 8.76. The second-order valence-electron chi connectivity index (χ2n) is 5.77. The molecule has 1 aromatic rings. The molecule has 0 aliphatic heterocycles. The lowest BCUT2D eigenvalue weighted by atomic mass is 10.0. The lowest BCUT2D eigenvalue weighted by molar-refractivity contribution is -0.137. The van der Waals surface area contributed by atoms with Crippen molar-refractivity contribution in [3.63, 3.8) is 0 Å². The second kappa shape index (κ2) is 13.3. The standard InChI is InChI=1S/C20H30O6/c1-5-25-20(21)11-6-16(2)19(26-15-22-3)12-13-24-14-17-7-9-18(23-4)10-8-17/h6-11,16,19H,5,12-15H2,1-4H3/b11-6+/t16-,19-/m0/s1. The molecule has 0 spiro atoms. The zero-order chi connectivity index (χ0) is 19.2. The van der Waals surface area contributed by atoms with E-state index in [1.807, 2.05) is 31.2 Å². The van der Waals surface area contributed by atoms with Crippen molar-refractivity contribution in [2.24, 2.45) is 5.92 Å². The van der Waals surface area contributed by atoms with Crippen molar-refractivity contribution in [1.82, 2.24) is 0 Å². The molecule has 146 valence electrons. The van der Waals surface area contributed by atoms with Gasteiger partial charge in [-0.1, -0.05) is 25.1 Å². The van der Waals surface area contributed by atoms with Crippen molar-refractivity contribution in [2.75, 3.05) is 34.2 Å². The lowest BCUT2D eigenvalue weighted by Crippen LogP contribution is -2.24. The molecule has 0 N–H and O–H groups in total. The van der Waals surface area contributed by atoms with Crippen LogP contribution in [0.2, 0.25) is 0 Å². The zero-order valence-corrected chi connectivity index (χ0v) is 16.1. The summed E-state index contributed by atoms with van der Waals surface area (Å²) in [5.41, 5.74) is 1.08. The maximum atomic E-state index is 11.4. The summed E-state index contributed by atoms with van der Waals surface area (Å²) in [7, 11) is 3.22. The van der Waals surface area contributed by atoms with Crippen LogP contribution in [0.25, 0.3) is 0 Å². The van der Waals surface area contributed by atoms with E-state index in [0.717, 1.165) is 11.3 Å². The monoisotopic (exact) mass is 366 g/mol. The van der Waals surface area contributed by atoms with Crippen LogP contribution < -0.4 is 4.74 Å². The minimum atomic E-state index is -0.347. The molecular weight excluding hydrogens is 336 g/mol. The number of hydrogen-bond donors (Lipinski definition) is 0. The SMILES string of the molecule is CCOC(=O)/C=C/[C@H](C)[C@H](CCOCc1ccc(OC)cc1)OCOC. The highest BCUT2D eigenvalue weighted by Gasteiger charge is 2.16. The Balaban J connectivity index is 2.43. The van der Waals surface area contributed by atoms with Crippen LogP contribution in [0.3, 0.4) is 0 Å². The number of rotatable bonds is 13. The van der Waals surface area contributed by atoms with Crippen LogP contribution >= 0.6 is 0 Å². The molecule has 0 heterocycles. The van der Waals surface area contributed by atoms with Gasteiger partial charge in [0.2, 0.25) is 0 Å². The highest BCUT2D eigenvalue weighted by atomic mass is 16.7. The van der Waals surface area contributed by atoms with Crippen molar-refractivity contribution in [2.45, 2.75) is 33.0 Å². The molecule has 6 heteroatoms. The van der Waals surface area contributed by atoms with E-state index in [9.17, 15) is 4.79 Å². The minimum Gasteiger partial charge on any atom is -0.497 e. The summed E-state index contributed by atoms with van der Waals surface area (Å²) in [5, 5.41) is 0. The van der Waals surface area contributed by atoms with Gasteiger partial charge in [-0.05, 0) is 31.0 Å². The lowest BCUT2D eigenvalue weighted by Gasteiger charge is -2.21. The van der Waals surface area contributed by atoms with Crippen LogP contribution in [0, 0.1) is 5.92 Å². The van der Waals surface area contributed by atoms with E-state index in [-0.39, 0.29) is 24.8 Å². The van der Waals surface area contributed by atoms with Crippen molar-refractivity contribution >= 4 is 5.97 Å². The Labute approximate surface area is 156 Å². The summed E-state index contributed by atoms with van der Waals surface area (Å²) in [5.74, 6) is 0.503. The molecule has 1 rings (SSSR count). The third-order valence-corrected chi connectivity index (χ3v) is 3.78. The first kappa shape index (κ1) is 22.2. The van der Waals surface area contributed by atoms with Gasteiger partial charge in [-0.2, -0.15) is 0 Å². The Morgan fingerprint density at radius 1 is 1.19 bits per heavy atom. The van der Waals surface area contributed by atoms with Gasteiger partial charge in [-0.25, -0.2) is 4.79 Å². The van der Waals surface area contributed by atoms with Gasteiger partial charge in [0.05, 0.1) is 26.4 Å². The van der Waals surface area contributed by atoms with Crippen molar-refractivity contribution < 1.29 is 28.5 Å². The number of benzene rings is 1. The number of esters is 1. The van der Waals surface area contributed by atoms with Crippen LogP contribution in [0.4, 0.5) is 0 Å². The number of ether oxygens (including phenoxy) is 5. The topological polar surface area (TPSA) is 63.2 Å². The largest absolute Gasteiger partial charge is 0.497 e. The molecule has 0 aromatic heterocycles. The van der Waals surface area contributed by atoms with E-state index in [2.05, 4.69) is 0 Å². The van der Waals surface area contributed by atoms with Crippen LogP contribution in [0.5, 0.6) is 5.75 Å².